The number of aromatic nitrogens is 3. The van der Waals surface area contributed by atoms with E-state index in [0.29, 0.717) is 23.8 Å². The summed E-state index contributed by atoms with van der Waals surface area (Å²) in [5.74, 6) is 0.770. The van der Waals surface area contributed by atoms with Crippen LogP contribution in [0.25, 0.3) is 5.65 Å². The van der Waals surface area contributed by atoms with Gasteiger partial charge in [0.25, 0.3) is 5.91 Å². The van der Waals surface area contributed by atoms with Crippen molar-refractivity contribution in [1.29, 1.82) is 0 Å². The van der Waals surface area contributed by atoms with Crippen LogP contribution in [0.5, 0.6) is 0 Å². The smallest absolute Gasteiger partial charge is 0.256 e. The van der Waals surface area contributed by atoms with Gasteiger partial charge in [0, 0.05) is 29.9 Å². The first-order chi connectivity index (χ1) is 16.6. The number of hydrogen-bond acceptors (Lipinski definition) is 6. The fourth-order valence-corrected chi connectivity index (χ4v) is 5.31. The van der Waals surface area contributed by atoms with Crippen LogP contribution in [0.4, 0.5) is 11.5 Å². The van der Waals surface area contributed by atoms with Crippen molar-refractivity contribution in [3.8, 4) is 0 Å². The number of carbonyl (C=O) groups is 1. The molecule has 2 N–H and O–H groups in total. The van der Waals surface area contributed by atoms with Crippen molar-refractivity contribution in [2.45, 2.75) is 65.0 Å². The zero-order valence-electron chi connectivity index (χ0n) is 20.6. The quantitative estimate of drug-likeness (QED) is 0.535. The number of sulfonamides is 1. The van der Waals surface area contributed by atoms with Gasteiger partial charge in [0.1, 0.15) is 5.82 Å². The summed E-state index contributed by atoms with van der Waals surface area (Å²) < 4.78 is 28.2. The predicted octanol–water partition coefficient (Wildman–Crippen LogP) is 3.97. The molecular weight excluding hydrogens is 464 g/mol. The fraction of sp³-hybridized carbons (Fsp3) is 0.480. The number of benzene rings is 1. The molecule has 0 radical (unpaired) electrons. The minimum absolute atomic E-state index is 0.196. The van der Waals surface area contributed by atoms with E-state index in [9.17, 15) is 13.2 Å². The SMILES string of the molecule is Cc1ccc(NS(C)(=O)=O)c(C(=O)N2CCCC[C@H]2c2cc3nc(C)c(C)c(NC4CC4)n3n2)c1. The molecule has 2 aliphatic rings. The van der Waals surface area contributed by atoms with Gasteiger partial charge in [-0.25, -0.2) is 13.4 Å². The van der Waals surface area contributed by atoms with Gasteiger partial charge in [-0.2, -0.15) is 9.61 Å². The van der Waals surface area contributed by atoms with Crippen LogP contribution < -0.4 is 10.0 Å². The minimum atomic E-state index is -3.53. The van der Waals surface area contributed by atoms with Crippen LogP contribution >= 0.6 is 0 Å². The molecule has 2 fully saturated rings. The molecule has 1 amide bonds. The largest absolute Gasteiger partial charge is 0.367 e. The van der Waals surface area contributed by atoms with E-state index in [-0.39, 0.29) is 11.9 Å². The fourth-order valence-electron chi connectivity index (χ4n) is 4.73. The Morgan fingerprint density at radius 3 is 2.57 bits per heavy atom. The maximum Gasteiger partial charge on any atom is 0.256 e. The van der Waals surface area contributed by atoms with E-state index in [1.807, 2.05) is 29.3 Å². The molecule has 5 rings (SSSR count). The molecule has 10 heteroatoms. The Bertz CT molecular complexity index is 1410. The highest BCUT2D eigenvalue weighted by atomic mass is 32.2. The van der Waals surface area contributed by atoms with Crippen molar-refractivity contribution in [2.24, 2.45) is 0 Å². The van der Waals surface area contributed by atoms with Crippen LogP contribution in [0, 0.1) is 20.8 Å². The van der Waals surface area contributed by atoms with Gasteiger partial charge in [0.15, 0.2) is 5.65 Å². The van der Waals surface area contributed by atoms with E-state index in [1.54, 1.807) is 18.2 Å². The number of fused-ring (bicyclic) bond motifs is 1. The summed E-state index contributed by atoms with van der Waals surface area (Å²) in [4.78, 5) is 20.4. The summed E-state index contributed by atoms with van der Waals surface area (Å²) in [5, 5.41) is 8.53. The first-order valence-electron chi connectivity index (χ1n) is 12.1. The van der Waals surface area contributed by atoms with Crippen molar-refractivity contribution >= 4 is 33.1 Å². The molecule has 1 aliphatic heterocycles. The van der Waals surface area contributed by atoms with E-state index < -0.39 is 10.0 Å². The maximum atomic E-state index is 13.8. The Kier molecular flexibility index (Phi) is 5.94. The summed E-state index contributed by atoms with van der Waals surface area (Å²) in [6.07, 6.45) is 6.07. The maximum absolute atomic E-state index is 13.8. The zero-order valence-corrected chi connectivity index (χ0v) is 21.4. The Hall–Kier alpha value is -3.14. The van der Waals surface area contributed by atoms with Crippen LogP contribution in [-0.4, -0.2) is 52.7 Å². The van der Waals surface area contributed by atoms with Crippen LogP contribution in [0.15, 0.2) is 24.3 Å². The van der Waals surface area contributed by atoms with Gasteiger partial charge in [-0.15, -0.1) is 0 Å². The Morgan fingerprint density at radius 2 is 1.86 bits per heavy atom. The monoisotopic (exact) mass is 496 g/mol. The molecule has 1 aliphatic carbocycles. The molecule has 2 aromatic heterocycles. The molecule has 0 unspecified atom stereocenters. The molecule has 186 valence electrons. The second-order valence-electron chi connectivity index (χ2n) is 9.86. The van der Waals surface area contributed by atoms with Gasteiger partial charge in [-0.05, 0) is 65.0 Å². The molecule has 0 spiro atoms. The highest BCUT2D eigenvalue weighted by molar-refractivity contribution is 7.92. The first kappa shape index (κ1) is 23.6. The van der Waals surface area contributed by atoms with Crippen LogP contribution in [0.1, 0.15) is 71.0 Å². The third-order valence-corrected chi connectivity index (χ3v) is 7.42. The topological polar surface area (TPSA) is 109 Å². The van der Waals surface area contributed by atoms with E-state index >= 15 is 0 Å². The van der Waals surface area contributed by atoms with Gasteiger partial charge in [0.05, 0.1) is 29.2 Å². The molecule has 1 aromatic carbocycles. The Labute approximate surface area is 206 Å². The molecule has 1 saturated heterocycles. The van der Waals surface area contributed by atoms with Crippen molar-refractivity contribution in [3.63, 3.8) is 0 Å². The van der Waals surface area contributed by atoms with Gasteiger partial charge in [-0.3, -0.25) is 9.52 Å². The summed E-state index contributed by atoms with van der Waals surface area (Å²) >= 11 is 0. The number of piperidine rings is 1. The summed E-state index contributed by atoms with van der Waals surface area (Å²) in [7, 11) is -3.53. The number of nitrogens with one attached hydrogen (secondary N) is 2. The molecular formula is C25H32N6O3S. The Balaban J connectivity index is 1.54. The number of rotatable bonds is 6. The number of nitrogens with zero attached hydrogens (tertiary/aromatic N) is 4. The highest BCUT2D eigenvalue weighted by Gasteiger charge is 2.33. The number of anilines is 2. The second kappa shape index (κ2) is 8.82. The lowest BCUT2D eigenvalue weighted by molar-refractivity contribution is 0.0607. The molecule has 3 heterocycles. The first-order valence-corrected chi connectivity index (χ1v) is 14.0. The molecule has 3 aromatic rings. The van der Waals surface area contributed by atoms with Gasteiger partial charge >= 0.3 is 0 Å². The van der Waals surface area contributed by atoms with Crippen molar-refractivity contribution in [1.82, 2.24) is 19.5 Å². The van der Waals surface area contributed by atoms with E-state index in [1.165, 1.54) is 0 Å². The average Bonchev–Trinajstić information content (AvgIpc) is 3.53. The minimum Gasteiger partial charge on any atom is -0.367 e. The lowest BCUT2D eigenvalue weighted by atomic mass is 9.97. The van der Waals surface area contributed by atoms with Crippen molar-refractivity contribution in [3.05, 3.63) is 52.3 Å². The molecule has 0 bridgehead atoms. The normalized spacial score (nSPS) is 18.6. The van der Waals surface area contributed by atoms with Gasteiger partial charge < -0.3 is 10.2 Å². The molecule has 1 atom stereocenters. The van der Waals surface area contributed by atoms with Crippen molar-refractivity contribution in [2.75, 3.05) is 22.8 Å². The van der Waals surface area contributed by atoms with Crippen LogP contribution in [-0.2, 0) is 10.0 Å². The summed E-state index contributed by atoms with van der Waals surface area (Å²) in [6.45, 7) is 6.53. The number of carbonyl (C=O) groups excluding carboxylic acids is 1. The summed E-state index contributed by atoms with van der Waals surface area (Å²) in [6, 6.07) is 7.44. The van der Waals surface area contributed by atoms with Gasteiger partial charge in [-0.1, -0.05) is 11.6 Å². The van der Waals surface area contributed by atoms with E-state index in [2.05, 4.69) is 17.0 Å². The molecule has 1 saturated carbocycles. The number of hydrogen-bond donors (Lipinski definition) is 2. The zero-order chi connectivity index (χ0) is 24.9. The average molecular weight is 497 g/mol. The number of likely N-dealkylation sites (tertiary alicyclic amines) is 1. The van der Waals surface area contributed by atoms with E-state index in [4.69, 9.17) is 10.1 Å². The van der Waals surface area contributed by atoms with Crippen LogP contribution in [0.3, 0.4) is 0 Å². The highest BCUT2D eigenvalue weighted by Crippen LogP contribution is 2.35. The molecule has 9 nitrogen and oxygen atoms in total. The standard InChI is InChI=1S/C25H32N6O3S/c1-15-8-11-20(29-35(4,33)34)19(13-15)25(32)30-12-6-5-7-22(30)21-14-23-26-17(3)16(2)24(31(23)28-21)27-18-9-10-18/h8,11,13-14,18,22,27,29H,5-7,9-10,12H2,1-4H3/t22-/m0/s1. The second-order valence-corrected chi connectivity index (χ2v) is 11.6. The van der Waals surface area contributed by atoms with Gasteiger partial charge in [0.2, 0.25) is 10.0 Å². The third-order valence-electron chi connectivity index (χ3n) is 6.83. The van der Waals surface area contributed by atoms with Crippen LogP contribution in [0.2, 0.25) is 0 Å². The van der Waals surface area contributed by atoms with Crippen molar-refractivity contribution < 1.29 is 13.2 Å². The number of aryl methyl sites for hydroxylation is 2. The lowest BCUT2D eigenvalue weighted by Gasteiger charge is -2.35. The number of amides is 1. The lowest BCUT2D eigenvalue weighted by Crippen LogP contribution is -2.39. The van der Waals surface area contributed by atoms with E-state index in [0.717, 1.165) is 72.3 Å². The predicted molar refractivity (Wildman–Crippen MR) is 136 cm³/mol. The molecule has 35 heavy (non-hydrogen) atoms. The summed E-state index contributed by atoms with van der Waals surface area (Å²) in [5.41, 5.74) is 5.14. The third kappa shape index (κ3) is 4.84. The Morgan fingerprint density at radius 1 is 1.09 bits per heavy atom.